The first-order valence-electron chi connectivity index (χ1n) is 13.3. The summed E-state index contributed by atoms with van der Waals surface area (Å²) in [6, 6.07) is 8.65. The van der Waals surface area contributed by atoms with Gasteiger partial charge in [0.2, 0.25) is 0 Å². The third kappa shape index (κ3) is 5.89. The van der Waals surface area contributed by atoms with Crippen LogP contribution >= 0.6 is 0 Å². The van der Waals surface area contributed by atoms with E-state index in [2.05, 4.69) is 37.3 Å². The van der Waals surface area contributed by atoms with Crippen LogP contribution in [0.1, 0.15) is 82.3 Å². The van der Waals surface area contributed by atoms with Crippen LogP contribution in [0.2, 0.25) is 0 Å². The highest BCUT2D eigenvalue weighted by Gasteiger charge is 2.35. The molecule has 4 heteroatoms. The molecular formula is C30H40O4. The Morgan fingerprint density at radius 2 is 1.76 bits per heavy atom. The second-order valence-electron chi connectivity index (χ2n) is 10.6. The second-order valence-corrected chi connectivity index (χ2v) is 10.6. The summed E-state index contributed by atoms with van der Waals surface area (Å²) in [5, 5.41) is 9.25. The molecule has 0 heterocycles. The third-order valence-corrected chi connectivity index (χ3v) is 8.09. The molecule has 0 aliphatic heterocycles. The fourth-order valence-electron chi connectivity index (χ4n) is 5.98. The van der Waals surface area contributed by atoms with Crippen LogP contribution in [0.3, 0.4) is 0 Å². The van der Waals surface area contributed by atoms with E-state index in [-0.39, 0.29) is 42.0 Å². The van der Waals surface area contributed by atoms with Crippen molar-refractivity contribution in [1.82, 2.24) is 0 Å². The highest BCUT2D eigenvalue weighted by atomic mass is 16.5. The largest absolute Gasteiger partial charge is 0.495 e. The molecule has 3 atom stereocenters. The molecule has 34 heavy (non-hydrogen) atoms. The van der Waals surface area contributed by atoms with Crippen LogP contribution in [0.5, 0.6) is 0 Å². The Morgan fingerprint density at radius 1 is 1.03 bits per heavy atom. The summed E-state index contributed by atoms with van der Waals surface area (Å²) in [7, 11) is 0. The standard InChI is InChI=1S/C30H40O4/c1-20-9-11-22(12-10-20)18-24-19-27-26(14-16-29(24)34-25-7-3-4-8-25)21(2)30(33)23(6-5-17-31)13-15-28(27)32/h9-12,16,21,23-25,31H,3-8,13-15,17-19H2,1-2H3. The number of Topliss-reactive ketones (excluding diaryl/α,β-unsaturated/α-hetero) is 2. The summed E-state index contributed by atoms with van der Waals surface area (Å²) in [5.41, 5.74) is 4.38. The lowest BCUT2D eigenvalue weighted by molar-refractivity contribution is -0.126. The van der Waals surface area contributed by atoms with Gasteiger partial charge in [-0.05, 0) is 93.9 Å². The van der Waals surface area contributed by atoms with Gasteiger partial charge in [-0.15, -0.1) is 0 Å². The molecule has 3 aliphatic carbocycles. The van der Waals surface area contributed by atoms with Crippen molar-refractivity contribution >= 4 is 11.6 Å². The Morgan fingerprint density at radius 3 is 2.47 bits per heavy atom. The quantitative estimate of drug-likeness (QED) is 0.534. The minimum Gasteiger partial charge on any atom is -0.495 e. The number of hydrogen-bond acceptors (Lipinski definition) is 4. The zero-order valence-electron chi connectivity index (χ0n) is 20.9. The Balaban J connectivity index is 1.63. The number of allylic oxidation sites excluding steroid dienone is 4. The van der Waals surface area contributed by atoms with E-state index < -0.39 is 0 Å². The van der Waals surface area contributed by atoms with E-state index in [9.17, 15) is 14.7 Å². The Labute approximate surface area is 204 Å². The summed E-state index contributed by atoms with van der Waals surface area (Å²) in [6.45, 7) is 4.17. The number of aliphatic hydroxyl groups is 1. The minimum atomic E-state index is -0.259. The topological polar surface area (TPSA) is 63.6 Å². The second kappa shape index (κ2) is 11.5. The number of benzene rings is 1. The van der Waals surface area contributed by atoms with Gasteiger partial charge >= 0.3 is 0 Å². The van der Waals surface area contributed by atoms with Gasteiger partial charge in [-0.2, -0.15) is 0 Å². The summed E-state index contributed by atoms with van der Waals surface area (Å²) in [5.74, 6) is 1.18. The first kappa shape index (κ1) is 24.9. The van der Waals surface area contributed by atoms with E-state index in [1.165, 1.54) is 24.0 Å². The van der Waals surface area contributed by atoms with Gasteiger partial charge in [-0.3, -0.25) is 9.59 Å². The Hall–Kier alpha value is -2.20. The molecule has 0 aromatic heterocycles. The smallest absolute Gasteiger partial charge is 0.158 e. The van der Waals surface area contributed by atoms with Crippen LogP contribution in [-0.4, -0.2) is 29.4 Å². The Bertz CT molecular complexity index is 933. The molecule has 0 saturated heterocycles. The highest BCUT2D eigenvalue weighted by molar-refractivity contribution is 5.99. The van der Waals surface area contributed by atoms with Gasteiger partial charge < -0.3 is 9.84 Å². The molecule has 4 rings (SSSR count). The normalized spacial score (nSPS) is 26.6. The number of rotatable bonds is 7. The van der Waals surface area contributed by atoms with Crippen LogP contribution in [-0.2, 0) is 20.7 Å². The number of carbonyl (C=O) groups excluding carboxylic acids is 2. The molecule has 184 valence electrons. The predicted octanol–water partition coefficient (Wildman–Crippen LogP) is 6.04. The van der Waals surface area contributed by atoms with Crippen molar-refractivity contribution in [3.63, 3.8) is 0 Å². The number of hydrogen-bond donors (Lipinski definition) is 1. The van der Waals surface area contributed by atoms with Gasteiger partial charge in [-0.25, -0.2) is 0 Å². The number of ether oxygens (including phenoxy) is 1. The van der Waals surface area contributed by atoms with Gasteiger partial charge in [0.25, 0.3) is 0 Å². The molecule has 3 unspecified atom stereocenters. The molecule has 1 aromatic carbocycles. The highest BCUT2D eigenvalue weighted by Crippen LogP contribution is 2.40. The molecule has 0 radical (unpaired) electrons. The monoisotopic (exact) mass is 464 g/mol. The average molecular weight is 465 g/mol. The molecule has 1 fully saturated rings. The molecule has 0 spiro atoms. The molecule has 0 amide bonds. The maximum Gasteiger partial charge on any atom is 0.158 e. The minimum absolute atomic E-state index is 0.0886. The van der Waals surface area contributed by atoms with Gasteiger partial charge in [0.1, 0.15) is 5.78 Å². The van der Waals surface area contributed by atoms with Gasteiger partial charge in [0.15, 0.2) is 5.78 Å². The van der Waals surface area contributed by atoms with Crippen molar-refractivity contribution in [2.45, 2.75) is 90.6 Å². The zero-order chi connectivity index (χ0) is 24.1. The first-order chi connectivity index (χ1) is 16.5. The van der Waals surface area contributed by atoms with E-state index in [1.54, 1.807) is 0 Å². The molecule has 4 nitrogen and oxygen atoms in total. The fourth-order valence-corrected chi connectivity index (χ4v) is 5.98. The summed E-state index contributed by atoms with van der Waals surface area (Å²) in [6.07, 6.45) is 11.5. The molecule has 1 N–H and O–H groups in total. The number of aliphatic hydroxyl groups excluding tert-OH is 1. The number of ketones is 2. The van der Waals surface area contributed by atoms with Crippen molar-refractivity contribution in [3.05, 3.63) is 58.4 Å². The lowest BCUT2D eigenvalue weighted by Gasteiger charge is -2.27. The van der Waals surface area contributed by atoms with Crippen molar-refractivity contribution < 1.29 is 19.4 Å². The molecule has 1 aromatic rings. The lowest BCUT2D eigenvalue weighted by Crippen LogP contribution is -2.29. The van der Waals surface area contributed by atoms with E-state index in [1.807, 2.05) is 6.92 Å². The van der Waals surface area contributed by atoms with Gasteiger partial charge in [-0.1, -0.05) is 36.8 Å². The summed E-state index contributed by atoms with van der Waals surface area (Å²) >= 11 is 0. The van der Waals surface area contributed by atoms with Crippen molar-refractivity contribution in [2.24, 2.45) is 17.8 Å². The van der Waals surface area contributed by atoms with Gasteiger partial charge in [0, 0.05) is 30.8 Å². The lowest BCUT2D eigenvalue weighted by atomic mass is 9.76. The SMILES string of the molecule is Cc1ccc(CC2CC3=C(CC=C2OC2CCCC2)C(C)C(=O)C(CCCO)CCC3=O)cc1. The predicted molar refractivity (Wildman–Crippen MR) is 134 cm³/mol. The molecule has 0 bridgehead atoms. The van der Waals surface area contributed by atoms with Crippen LogP contribution in [0, 0.1) is 24.7 Å². The van der Waals surface area contributed by atoms with Crippen molar-refractivity contribution in [2.75, 3.05) is 6.61 Å². The van der Waals surface area contributed by atoms with E-state index in [4.69, 9.17) is 4.74 Å². The van der Waals surface area contributed by atoms with Crippen LogP contribution in [0.25, 0.3) is 0 Å². The number of aryl methyl sites for hydroxylation is 1. The number of carbonyl (C=O) groups is 2. The van der Waals surface area contributed by atoms with Crippen molar-refractivity contribution in [1.29, 1.82) is 0 Å². The maximum atomic E-state index is 13.4. The molecular weight excluding hydrogens is 424 g/mol. The van der Waals surface area contributed by atoms with Crippen LogP contribution < -0.4 is 0 Å². The zero-order valence-corrected chi connectivity index (χ0v) is 20.9. The fraction of sp³-hybridized carbons (Fsp3) is 0.600. The van der Waals surface area contributed by atoms with Crippen LogP contribution in [0.4, 0.5) is 0 Å². The average Bonchev–Trinajstić information content (AvgIpc) is 3.28. The van der Waals surface area contributed by atoms with Gasteiger partial charge in [0.05, 0.1) is 11.9 Å². The maximum absolute atomic E-state index is 13.4. The van der Waals surface area contributed by atoms with Crippen molar-refractivity contribution in [3.8, 4) is 0 Å². The summed E-state index contributed by atoms with van der Waals surface area (Å²) < 4.78 is 6.59. The first-order valence-corrected chi connectivity index (χ1v) is 13.3. The molecule has 1 saturated carbocycles. The Kier molecular flexibility index (Phi) is 8.41. The van der Waals surface area contributed by atoms with E-state index in [0.29, 0.717) is 38.5 Å². The summed E-state index contributed by atoms with van der Waals surface area (Å²) in [4.78, 5) is 26.8. The van der Waals surface area contributed by atoms with E-state index in [0.717, 1.165) is 36.2 Å². The molecule has 3 aliphatic rings. The third-order valence-electron chi connectivity index (χ3n) is 8.09. The van der Waals surface area contributed by atoms with Crippen LogP contribution in [0.15, 0.2) is 47.2 Å². The van der Waals surface area contributed by atoms with E-state index >= 15 is 0 Å².